The van der Waals surface area contributed by atoms with E-state index in [1.807, 2.05) is 0 Å². The van der Waals surface area contributed by atoms with Crippen molar-refractivity contribution >= 4 is 0 Å². The van der Waals surface area contributed by atoms with Crippen molar-refractivity contribution in [3.63, 3.8) is 0 Å². The van der Waals surface area contributed by atoms with E-state index in [2.05, 4.69) is 75.3 Å². The third kappa shape index (κ3) is 3.87. The second-order valence-electron chi connectivity index (χ2n) is 7.27. The van der Waals surface area contributed by atoms with Gasteiger partial charge in [-0.25, -0.2) is 0 Å². The summed E-state index contributed by atoms with van der Waals surface area (Å²) in [7, 11) is 2.10. The van der Waals surface area contributed by atoms with Gasteiger partial charge in [0.1, 0.15) is 0 Å². The molecule has 1 heterocycles. The SMILES string of the molecule is CNC1CCN(C(C)(C)CCc2ccccc2)C(C)C1C. The van der Waals surface area contributed by atoms with Crippen molar-refractivity contribution in [3.05, 3.63) is 35.9 Å². The van der Waals surface area contributed by atoms with Crippen molar-refractivity contribution in [2.45, 2.75) is 64.6 Å². The van der Waals surface area contributed by atoms with E-state index in [0.717, 1.165) is 0 Å². The lowest BCUT2D eigenvalue weighted by Gasteiger charge is -2.50. The molecule has 1 aromatic rings. The van der Waals surface area contributed by atoms with Crippen LogP contribution in [0.15, 0.2) is 30.3 Å². The fourth-order valence-corrected chi connectivity index (χ4v) is 3.86. The lowest BCUT2D eigenvalue weighted by atomic mass is 9.82. The second kappa shape index (κ2) is 6.93. The fraction of sp³-hybridized carbons (Fsp3) is 0.684. The van der Waals surface area contributed by atoms with E-state index >= 15 is 0 Å². The molecule has 1 aliphatic heterocycles. The molecule has 1 aromatic carbocycles. The maximum atomic E-state index is 3.49. The first kappa shape index (κ1) is 16.5. The summed E-state index contributed by atoms with van der Waals surface area (Å²) in [5, 5.41) is 3.49. The summed E-state index contributed by atoms with van der Waals surface area (Å²) in [5.74, 6) is 0.708. The van der Waals surface area contributed by atoms with Crippen LogP contribution in [0.25, 0.3) is 0 Å². The van der Waals surface area contributed by atoms with Crippen LogP contribution >= 0.6 is 0 Å². The van der Waals surface area contributed by atoms with E-state index in [1.165, 1.54) is 31.4 Å². The van der Waals surface area contributed by atoms with Crippen molar-refractivity contribution in [1.82, 2.24) is 10.2 Å². The molecule has 21 heavy (non-hydrogen) atoms. The minimum atomic E-state index is 0.266. The summed E-state index contributed by atoms with van der Waals surface area (Å²) in [5.41, 5.74) is 1.72. The van der Waals surface area contributed by atoms with Gasteiger partial charge in [0.05, 0.1) is 0 Å². The van der Waals surface area contributed by atoms with Crippen LogP contribution in [0.1, 0.15) is 46.1 Å². The van der Waals surface area contributed by atoms with Gasteiger partial charge in [-0.15, -0.1) is 0 Å². The molecule has 1 fully saturated rings. The third-order valence-electron chi connectivity index (χ3n) is 5.58. The standard InChI is InChI=1S/C19H32N2/c1-15-16(2)21(14-12-18(15)20-5)19(3,4)13-11-17-9-7-6-8-10-17/h6-10,15-16,18,20H,11-14H2,1-5H3. The number of nitrogens with one attached hydrogen (secondary N) is 1. The predicted octanol–water partition coefficient (Wildman–Crippen LogP) is 3.72. The Morgan fingerprint density at radius 1 is 1.19 bits per heavy atom. The number of piperidine rings is 1. The van der Waals surface area contributed by atoms with E-state index in [4.69, 9.17) is 0 Å². The summed E-state index contributed by atoms with van der Waals surface area (Å²) in [6.45, 7) is 10.8. The largest absolute Gasteiger partial charge is 0.317 e. The first-order chi connectivity index (χ1) is 9.95. The maximum Gasteiger partial charge on any atom is 0.0159 e. The molecule has 0 bridgehead atoms. The average Bonchev–Trinajstić information content (AvgIpc) is 2.49. The monoisotopic (exact) mass is 288 g/mol. The number of benzene rings is 1. The zero-order chi connectivity index (χ0) is 15.5. The van der Waals surface area contributed by atoms with Gasteiger partial charge in [0.2, 0.25) is 0 Å². The van der Waals surface area contributed by atoms with E-state index in [1.54, 1.807) is 0 Å². The minimum Gasteiger partial charge on any atom is -0.317 e. The second-order valence-corrected chi connectivity index (χ2v) is 7.27. The molecule has 0 saturated carbocycles. The van der Waals surface area contributed by atoms with Gasteiger partial charge in [0, 0.05) is 24.2 Å². The van der Waals surface area contributed by atoms with E-state index in [0.29, 0.717) is 18.0 Å². The Kier molecular flexibility index (Phi) is 5.45. The Morgan fingerprint density at radius 2 is 1.86 bits per heavy atom. The molecule has 0 aromatic heterocycles. The zero-order valence-electron chi connectivity index (χ0n) is 14.4. The average molecular weight is 288 g/mol. The Morgan fingerprint density at radius 3 is 2.48 bits per heavy atom. The fourth-order valence-electron chi connectivity index (χ4n) is 3.86. The molecular formula is C19H32N2. The smallest absolute Gasteiger partial charge is 0.0159 e. The minimum absolute atomic E-state index is 0.266. The Bertz CT molecular complexity index is 426. The molecule has 0 amide bonds. The molecule has 2 heteroatoms. The molecule has 1 N–H and O–H groups in total. The Hall–Kier alpha value is -0.860. The van der Waals surface area contributed by atoms with Gasteiger partial charge in [0.25, 0.3) is 0 Å². The lowest BCUT2D eigenvalue weighted by Crippen LogP contribution is -2.59. The molecular weight excluding hydrogens is 256 g/mol. The lowest BCUT2D eigenvalue weighted by molar-refractivity contribution is 0.00194. The van der Waals surface area contributed by atoms with Crippen molar-refractivity contribution in [2.24, 2.45) is 5.92 Å². The topological polar surface area (TPSA) is 15.3 Å². The van der Waals surface area contributed by atoms with Crippen LogP contribution < -0.4 is 5.32 Å². The van der Waals surface area contributed by atoms with Gasteiger partial charge in [0.15, 0.2) is 0 Å². The summed E-state index contributed by atoms with van der Waals surface area (Å²) >= 11 is 0. The van der Waals surface area contributed by atoms with Crippen molar-refractivity contribution in [2.75, 3.05) is 13.6 Å². The molecule has 118 valence electrons. The highest BCUT2D eigenvalue weighted by molar-refractivity contribution is 5.15. The highest BCUT2D eigenvalue weighted by Gasteiger charge is 2.38. The highest BCUT2D eigenvalue weighted by atomic mass is 15.2. The van der Waals surface area contributed by atoms with Gasteiger partial charge in [-0.05, 0) is 58.6 Å². The normalized spacial score (nSPS) is 27.8. The molecule has 0 spiro atoms. The van der Waals surface area contributed by atoms with E-state index in [9.17, 15) is 0 Å². The highest BCUT2D eigenvalue weighted by Crippen LogP contribution is 2.32. The number of aryl methyl sites for hydroxylation is 1. The number of hydrogen-bond acceptors (Lipinski definition) is 2. The molecule has 0 radical (unpaired) electrons. The first-order valence-electron chi connectivity index (χ1n) is 8.43. The van der Waals surface area contributed by atoms with Gasteiger partial charge in [-0.1, -0.05) is 37.3 Å². The first-order valence-corrected chi connectivity index (χ1v) is 8.43. The van der Waals surface area contributed by atoms with Crippen LogP contribution in [0.3, 0.4) is 0 Å². The molecule has 1 aliphatic rings. The summed E-state index contributed by atoms with van der Waals surface area (Å²) < 4.78 is 0. The van der Waals surface area contributed by atoms with Crippen LogP contribution in [0.2, 0.25) is 0 Å². The number of hydrogen-bond donors (Lipinski definition) is 1. The van der Waals surface area contributed by atoms with Crippen LogP contribution in [0.5, 0.6) is 0 Å². The zero-order valence-corrected chi connectivity index (χ0v) is 14.4. The van der Waals surface area contributed by atoms with Crippen LogP contribution in [0.4, 0.5) is 0 Å². The molecule has 2 rings (SSSR count). The van der Waals surface area contributed by atoms with Crippen molar-refractivity contribution < 1.29 is 0 Å². The Balaban J connectivity index is 1.98. The summed E-state index contributed by atoms with van der Waals surface area (Å²) in [4.78, 5) is 2.73. The number of rotatable bonds is 5. The molecule has 2 nitrogen and oxygen atoms in total. The van der Waals surface area contributed by atoms with Gasteiger partial charge < -0.3 is 5.32 Å². The maximum absolute atomic E-state index is 3.49. The van der Waals surface area contributed by atoms with Crippen molar-refractivity contribution in [3.8, 4) is 0 Å². The van der Waals surface area contributed by atoms with Gasteiger partial charge in [-0.3, -0.25) is 4.90 Å². The molecule has 1 saturated heterocycles. The van der Waals surface area contributed by atoms with Gasteiger partial charge >= 0.3 is 0 Å². The molecule has 0 aliphatic carbocycles. The number of likely N-dealkylation sites (tertiary alicyclic amines) is 1. The third-order valence-corrected chi connectivity index (χ3v) is 5.58. The van der Waals surface area contributed by atoms with Crippen LogP contribution in [0, 0.1) is 5.92 Å². The summed E-state index contributed by atoms with van der Waals surface area (Å²) in [6.07, 6.45) is 3.65. The van der Waals surface area contributed by atoms with Crippen LogP contribution in [-0.4, -0.2) is 36.1 Å². The molecule has 3 unspecified atom stereocenters. The predicted molar refractivity (Wildman–Crippen MR) is 91.6 cm³/mol. The number of nitrogens with zero attached hydrogens (tertiary/aromatic N) is 1. The van der Waals surface area contributed by atoms with E-state index in [-0.39, 0.29) is 5.54 Å². The summed E-state index contributed by atoms with van der Waals surface area (Å²) in [6, 6.07) is 12.2. The quantitative estimate of drug-likeness (QED) is 0.888. The Labute approximate surface area is 130 Å². The van der Waals surface area contributed by atoms with Crippen molar-refractivity contribution in [1.29, 1.82) is 0 Å². The molecule has 3 atom stereocenters. The van der Waals surface area contributed by atoms with Gasteiger partial charge in [-0.2, -0.15) is 0 Å². The van der Waals surface area contributed by atoms with E-state index < -0.39 is 0 Å². The van der Waals surface area contributed by atoms with Crippen LogP contribution in [-0.2, 0) is 6.42 Å².